The predicted molar refractivity (Wildman–Crippen MR) is 155 cm³/mol. The van der Waals surface area contributed by atoms with Gasteiger partial charge in [-0.2, -0.15) is 0 Å². The molecule has 0 radical (unpaired) electrons. The van der Waals surface area contributed by atoms with Crippen molar-refractivity contribution in [1.82, 2.24) is 20.1 Å². The van der Waals surface area contributed by atoms with Gasteiger partial charge < -0.3 is 20.0 Å². The number of nitrogens with zero attached hydrogens (tertiary/aromatic N) is 4. The van der Waals surface area contributed by atoms with Crippen molar-refractivity contribution in [2.24, 2.45) is 0 Å². The maximum absolute atomic E-state index is 12.6. The summed E-state index contributed by atoms with van der Waals surface area (Å²) in [6.07, 6.45) is 2.72. The molecule has 0 bridgehead atoms. The molecule has 1 amide bonds. The van der Waals surface area contributed by atoms with Gasteiger partial charge in [0.1, 0.15) is 11.4 Å². The first-order valence-electron chi connectivity index (χ1n) is 13.2. The summed E-state index contributed by atoms with van der Waals surface area (Å²) in [7, 11) is 2.16. The van der Waals surface area contributed by atoms with Gasteiger partial charge in [-0.25, -0.2) is 4.98 Å². The Bertz CT molecular complexity index is 1560. The van der Waals surface area contributed by atoms with Crippen molar-refractivity contribution in [1.29, 1.82) is 0 Å². The molecule has 9 heteroatoms. The number of fused-ring (bicyclic) bond motifs is 1. The fourth-order valence-corrected chi connectivity index (χ4v) is 5.80. The number of anilines is 2. The van der Waals surface area contributed by atoms with Crippen LogP contribution >= 0.6 is 11.3 Å². The summed E-state index contributed by atoms with van der Waals surface area (Å²) in [5.41, 5.74) is 5.08. The number of rotatable bonds is 8. The molecule has 5 aromatic rings. The zero-order valence-corrected chi connectivity index (χ0v) is 22.6. The van der Waals surface area contributed by atoms with Crippen LogP contribution in [0.2, 0.25) is 0 Å². The molecule has 3 heterocycles. The van der Waals surface area contributed by atoms with E-state index in [1.54, 1.807) is 11.3 Å². The van der Waals surface area contributed by atoms with Gasteiger partial charge in [-0.05, 0) is 80.5 Å². The van der Waals surface area contributed by atoms with Crippen LogP contribution in [0, 0.1) is 0 Å². The van der Waals surface area contributed by atoms with E-state index in [1.165, 1.54) is 5.56 Å². The second-order valence-corrected chi connectivity index (χ2v) is 11.1. The van der Waals surface area contributed by atoms with Crippen LogP contribution in [0.5, 0.6) is 0 Å². The largest absolute Gasteiger partial charge is 0.424 e. The van der Waals surface area contributed by atoms with Gasteiger partial charge in [0.2, 0.25) is 17.7 Å². The number of nitrogens with one attached hydrogen (secondary N) is 2. The Hall–Kier alpha value is -4.08. The van der Waals surface area contributed by atoms with Gasteiger partial charge in [-0.1, -0.05) is 36.4 Å². The van der Waals surface area contributed by atoms with Gasteiger partial charge in [0.25, 0.3) is 0 Å². The predicted octanol–water partition coefficient (Wildman–Crippen LogP) is 5.62. The standard InChI is InChI=1S/C30H30N6O2S/c1-36-15-13-24(14-16-36)31-22-8-10-23(11-9-22)32-27(37)18-28-34-35-29(38-28)19-30-33-25-12-7-21(17-26(25)39-30)20-5-3-2-4-6-20/h2-12,17,24,31H,13-16,18-19H2,1H3,(H,32,37). The summed E-state index contributed by atoms with van der Waals surface area (Å²) < 4.78 is 6.88. The van der Waals surface area contributed by atoms with Crippen LogP contribution in [-0.2, 0) is 17.6 Å². The van der Waals surface area contributed by atoms with E-state index in [4.69, 9.17) is 9.40 Å². The van der Waals surface area contributed by atoms with E-state index >= 15 is 0 Å². The minimum absolute atomic E-state index is 0.0167. The fourth-order valence-electron chi connectivity index (χ4n) is 4.80. The first kappa shape index (κ1) is 25.2. The van der Waals surface area contributed by atoms with Crippen molar-refractivity contribution in [2.75, 3.05) is 30.8 Å². The first-order chi connectivity index (χ1) is 19.1. The first-order valence-corrected chi connectivity index (χ1v) is 14.0. The minimum Gasteiger partial charge on any atom is -0.424 e. The molecule has 1 aliphatic rings. The van der Waals surface area contributed by atoms with Crippen molar-refractivity contribution >= 4 is 38.8 Å². The fraction of sp³-hybridized carbons (Fsp3) is 0.267. The second kappa shape index (κ2) is 11.3. The number of aromatic nitrogens is 3. The number of likely N-dealkylation sites (tertiary alicyclic amines) is 1. The molecular weight excluding hydrogens is 508 g/mol. The molecule has 2 N–H and O–H groups in total. The number of thiazole rings is 1. The summed E-state index contributed by atoms with van der Waals surface area (Å²) >= 11 is 1.61. The molecule has 2 aromatic heterocycles. The van der Waals surface area contributed by atoms with E-state index in [2.05, 4.69) is 57.0 Å². The highest BCUT2D eigenvalue weighted by atomic mass is 32.1. The number of carbonyl (C=O) groups is 1. The molecule has 0 atom stereocenters. The molecular formula is C30H30N6O2S. The summed E-state index contributed by atoms with van der Waals surface area (Å²) in [5, 5.41) is 15.6. The van der Waals surface area contributed by atoms with Crippen LogP contribution in [0.25, 0.3) is 21.3 Å². The lowest BCUT2D eigenvalue weighted by Gasteiger charge is -2.30. The Kier molecular flexibility index (Phi) is 7.33. The molecule has 0 saturated carbocycles. The molecule has 3 aromatic carbocycles. The lowest BCUT2D eigenvalue weighted by Crippen LogP contribution is -2.36. The van der Waals surface area contributed by atoms with Gasteiger partial charge in [0.05, 0.1) is 16.6 Å². The number of amides is 1. The van der Waals surface area contributed by atoms with E-state index in [-0.39, 0.29) is 18.2 Å². The van der Waals surface area contributed by atoms with Gasteiger partial charge in [0.15, 0.2) is 0 Å². The lowest BCUT2D eigenvalue weighted by molar-refractivity contribution is -0.115. The van der Waals surface area contributed by atoms with Crippen LogP contribution in [0.1, 0.15) is 29.6 Å². The third kappa shape index (κ3) is 6.32. The van der Waals surface area contributed by atoms with Gasteiger partial charge in [0, 0.05) is 17.4 Å². The number of hydrogen-bond donors (Lipinski definition) is 2. The summed E-state index contributed by atoms with van der Waals surface area (Å²) in [5.74, 6) is 0.537. The zero-order valence-electron chi connectivity index (χ0n) is 21.8. The molecule has 1 saturated heterocycles. The van der Waals surface area contributed by atoms with E-state index in [1.807, 2.05) is 48.5 Å². The average molecular weight is 539 g/mol. The van der Waals surface area contributed by atoms with Crippen molar-refractivity contribution in [3.05, 3.63) is 89.6 Å². The zero-order chi connectivity index (χ0) is 26.6. The van der Waals surface area contributed by atoms with Gasteiger partial charge in [-0.15, -0.1) is 21.5 Å². The molecule has 0 unspecified atom stereocenters. The van der Waals surface area contributed by atoms with Crippen LogP contribution in [-0.4, -0.2) is 52.2 Å². The third-order valence-corrected chi connectivity index (χ3v) is 7.94. The Balaban J connectivity index is 1.03. The highest BCUT2D eigenvalue weighted by Gasteiger charge is 2.17. The van der Waals surface area contributed by atoms with Crippen molar-refractivity contribution in [3.8, 4) is 11.1 Å². The monoisotopic (exact) mass is 538 g/mol. The third-order valence-electron chi connectivity index (χ3n) is 6.92. The van der Waals surface area contributed by atoms with Crippen molar-refractivity contribution in [2.45, 2.75) is 31.7 Å². The van der Waals surface area contributed by atoms with Crippen LogP contribution < -0.4 is 10.6 Å². The maximum Gasteiger partial charge on any atom is 0.233 e. The summed E-state index contributed by atoms with van der Waals surface area (Å²) in [4.78, 5) is 19.7. The topological polar surface area (TPSA) is 96.2 Å². The molecule has 198 valence electrons. The number of benzene rings is 3. The van der Waals surface area contributed by atoms with Crippen molar-refractivity contribution < 1.29 is 9.21 Å². The smallest absolute Gasteiger partial charge is 0.233 e. The van der Waals surface area contributed by atoms with E-state index in [0.29, 0.717) is 18.4 Å². The Labute approximate surface area is 231 Å². The Morgan fingerprint density at radius 1 is 0.949 bits per heavy atom. The minimum atomic E-state index is -0.199. The number of carbonyl (C=O) groups excluding carboxylic acids is 1. The number of hydrogen-bond acceptors (Lipinski definition) is 8. The normalized spacial score (nSPS) is 14.5. The Morgan fingerprint density at radius 3 is 2.49 bits per heavy atom. The SMILES string of the molecule is CN1CCC(Nc2ccc(NC(=O)Cc3nnc(Cc4nc5ccc(-c6ccccc6)cc5s4)o3)cc2)CC1. The second-order valence-electron chi connectivity index (χ2n) is 9.95. The van der Waals surface area contributed by atoms with Crippen LogP contribution in [0.4, 0.5) is 11.4 Å². The molecule has 0 spiro atoms. The molecule has 0 aliphatic carbocycles. The van der Waals surface area contributed by atoms with Crippen molar-refractivity contribution in [3.63, 3.8) is 0 Å². The maximum atomic E-state index is 12.6. The Morgan fingerprint density at radius 2 is 1.69 bits per heavy atom. The van der Waals surface area contributed by atoms with Gasteiger partial charge in [-0.3, -0.25) is 4.79 Å². The van der Waals surface area contributed by atoms with Crippen LogP contribution in [0.15, 0.2) is 77.2 Å². The highest BCUT2D eigenvalue weighted by molar-refractivity contribution is 7.18. The summed E-state index contributed by atoms with van der Waals surface area (Å²) in [6, 6.07) is 24.9. The number of piperidine rings is 1. The quantitative estimate of drug-likeness (QED) is 0.265. The van der Waals surface area contributed by atoms with E-state index < -0.39 is 0 Å². The molecule has 8 nitrogen and oxygen atoms in total. The molecule has 1 fully saturated rings. The molecule has 6 rings (SSSR count). The van der Waals surface area contributed by atoms with Gasteiger partial charge >= 0.3 is 0 Å². The lowest BCUT2D eigenvalue weighted by atomic mass is 10.1. The summed E-state index contributed by atoms with van der Waals surface area (Å²) in [6.45, 7) is 2.22. The van der Waals surface area contributed by atoms with E-state index in [9.17, 15) is 4.79 Å². The average Bonchev–Trinajstić information content (AvgIpc) is 3.57. The van der Waals surface area contributed by atoms with E-state index in [0.717, 1.165) is 58.1 Å². The van der Waals surface area contributed by atoms with Crippen LogP contribution in [0.3, 0.4) is 0 Å². The molecule has 1 aliphatic heterocycles. The highest BCUT2D eigenvalue weighted by Crippen LogP contribution is 2.29. The molecule has 39 heavy (non-hydrogen) atoms.